The van der Waals surface area contributed by atoms with Gasteiger partial charge in [0.2, 0.25) is 0 Å². The number of rotatable bonds is 7. The lowest BCUT2D eigenvalue weighted by atomic mass is 9.93. The minimum Gasteiger partial charge on any atom is -0.455 e. The molecule has 1 heterocycles. The molecule has 0 amide bonds. The van der Waals surface area contributed by atoms with Crippen molar-refractivity contribution in [2.24, 2.45) is 0 Å². The van der Waals surface area contributed by atoms with Crippen molar-refractivity contribution in [3.63, 3.8) is 0 Å². The predicted octanol–water partition coefficient (Wildman–Crippen LogP) is 17.2. The van der Waals surface area contributed by atoms with Gasteiger partial charge in [-0.05, 0) is 126 Å². The van der Waals surface area contributed by atoms with Gasteiger partial charge in [-0.25, -0.2) is 0 Å². The third kappa shape index (κ3) is 6.12. The summed E-state index contributed by atoms with van der Waals surface area (Å²) in [5.41, 5.74) is 14.5. The number of nitrogens with zero attached hydrogens (tertiary/aromatic N) is 1. The topological polar surface area (TPSA) is 16.4 Å². The highest BCUT2D eigenvalue weighted by atomic mass is 16.3. The largest absolute Gasteiger partial charge is 0.455 e. The molecule has 0 unspecified atom stereocenters. The SMILES string of the molecule is c1ccc(-c2cccc3c2oc2ccc(-c4ccc(N(c5ccc(-c6cccc7ccccc67)cc5)c5ccc(-c6cc7ccccc7c7ccccc67)cc5)cc4)cc23)cc1. The molecule has 0 atom stereocenters. The fraction of sp³-hybridized carbons (Fsp3) is 0. The summed E-state index contributed by atoms with van der Waals surface area (Å²) in [6.45, 7) is 0. The van der Waals surface area contributed by atoms with E-state index >= 15 is 0 Å². The molecule has 0 radical (unpaired) electrons. The Bertz CT molecular complexity index is 3600. The Morgan fingerprint density at radius 2 is 0.758 bits per heavy atom. The number of benzene rings is 11. The molecule has 12 aromatic rings. The normalized spacial score (nSPS) is 11.5. The summed E-state index contributed by atoms with van der Waals surface area (Å²) >= 11 is 0. The molecule has 1 aromatic heterocycles. The summed E-state index contributed by atoms with van der Waals surface area (Å²) < 4.78 is 6.50. The van der Waals surface area contributed by atoms with Crippen LogP contribution in [-0.2, 0) is 0 Å². The van der Waals surface area contributed by atoms with E-state index in [1.165, 1.54) is 54.6 Å². The molecular formula is C60H39NO. The standard InChI is InChI=1S/C60H39NO/c1-2-12-42(13-3-1)53-22-11-23-56-58-38-45(30-37-59(58)62-60(53)56)40-24-31-47(32-25-40)61(48-33-26-43(27-34-48)51-21-10-16-41-14-4-6-17-50(41)51)49-35-28-44(29-36-49)57-39-46-15-5-7-18-52(46)54-19-8-9-20-55(54)57/h1-39H. The Morgan fingerprint density at radius 3 is 1.48 bits per heavy atom. The maximum absolute atomic E-state index is 6.50. The van der Waals surface area contributed by atoms with Crippen molar-refractivity contribution in [2.75, 3.05) is 4.90 Å². The van der Waals surface area contributed by atoms with E-state index in [-0.39, 0.29) is 0 Å². The number of fused-ring (bicyclic) bond motifs is 7. The molecule has 11 aromatic carbocycles. The van der Waals surface area contributed by atoms with Crippen LogP contribution in [0.1, 0.15) is 0 Å². The lowest BCUT2D eigenvalue weighted by molar-refractivity contribution is 0.670. The highest BCUT2D eigenvalue weighted by Gasteiger charge is 2.17. The fourth-order valence-corrected chi connectivity index (χ4v) is 9.42. The number of para-hydroxylation sites is 1. The van der Waals surface area contributed by atoms with Crippen molar-refractivity contribution in [1.29, 1.82) is 0 Å². The highest BCUT2D eigenvalue weighted by Crippen LogP contribution is 2.42. The second-order valence-corrected chi connectivity index (χ2v) is 16.1. The molecule has 2 nitrogen and oxygen atoms in total. The summed E-state index contributed by atoms with van der Waals surface area (Å²) in [6.07, 6.45) is 0. The summed E-state index contributed by atoms with van der Waals surface area (Å²) in [4.78, 5) is 2.36. The third-order valence-corrected chi connectivity index (χ3v) is 12.5. The Hall–Kier alpha value is -8.20. The Morgan fingerprint density at radius 1 is 0.258 bits per heavy atom. The van der Waals surface area contributed by atoms with Crippen LogP contribution >= 0.6 is 0 Å². The number of anilines is 3. The van der Waals surface area contributed by atoms with Crippen LogP contribution in [0.15, 0.2) is 241 Å². The van der Waals surface area contributed by atoms with Crippen LogP contribution in [0.3, 0.4) is 0 Å². The lowest BCUT2D eigenvalue weighted by Crippen LogP contribution is -2.09. The molecule has 12 rings (SSSR count). The van der Waals surface area contributed by atoms with Crippen molar-refractivity contribution in [1.82, 2.24) is 0 Å². The quantitative estimate of drug-likeness (QED) is 0.150. The van der Waals surface area contributed by atoms with E-state index < -0.39 is 0 Å². The van der Waals surface area contributed by atoms with Crippen molar-refractivity contribution in [3.05, 3.63) is 237 Å². The van der Waals surface area contributed by atoms with Gasteiger partial charge in [0, 0.05) is 33.4 Å². The molecule has 0 fully saturated rings. The smallest absolute Gasteiger partial charge is 0.143 e. The Balaban J connectivity index is 0.938. The zero-order valence-corrected chi connectivity index (χ0v) is 33.9. The van der Waals surface area contributed by atoms with E-state index in [9.17, 15) is 0 Å². The lowest BCUT2D eigenvalue weighted by Gasteiger charge is -2.26. The second-order valence-electron chi connectivity index (χ2n) is 16.1. The first-order chi connectivity index (χ1) is 30.7. The van der Waals surface area contributed by atoms with E-state index in [2.05, 4.69) is 235 Å². The van der Waals surface area contributed by atoms with E-state index in [0.29, 0.717) is 0 Å². The van der Waals surface area contributed by atoms with Gasteiger partial charge in [-0.15, -0.1) is 0 Å². The van der Waals surface area contributed by atoms with Crippen LogP contribution in [-0.4, -0.2) is 0 Å². The van der Waals surface area contributed by atoms with E-state index in [4.69, 9.17) is 4.42 Å². The van der Waals surface area contributed by atoms with E-state index in [0.717, 1.165) is 61.3 Å². The van der Waals surface area contributed by atoms with Crippen LogP contribution in [0.2, 0.25) is 0 Å². The molecule has 290 valence electrons. The number of furan rings is 1. The van der Waals surface area contributed by atoms with Gasteiger partial charge >= 0.3 is 0 Å². The monoisotopic (exact) mass is 789 g/mol. The Labute approximate surface area is 360 Å². The van der Waals surface area contributed by atoms with Crippen LogP contribution in [0.25, 0.3) is 98.8 Å². The maximum atomic E-state index is 6.50. The molecule has 0 spiro atoms. The van der Waals surface area contributed by atoms with Crippen molar-refractivity contribution >= 4 is 71.3 Å². The molecule has 0 N–H and O–H groups in total. The van der Waals surface area contributed by atoms with Gasteiger partial charge in [0.15, 0.2) is 0 Å². The molecular weight excluding hydrogens is 751 g/mol. The maximum Gasteiger partial charge on any atom is 0.143 e. The van der Waals surface area contributed by atoms with Crippen LogP contribution in [0, 0.1) is 0 Å². The third-order valence-electron chi connectivity index (χ3n) is 12.5. The predicted molar refractivity (Wildman–Crippen MR) is 263 cm³/mol. The molecule has 0 aliphatic heterocycles. The van der Waals surface area contributed by atoms with Gasteiger partial charge in [0.1, 0.15) is 11.2 Å². The van der Waals surface area contributed by atoms with Gasteiger partial charge < -0.3 is 9.32 Å². The van der Waals surface area contributed by atoms with Crippen molar-refractivity contribution in [2.45, 2.75) is 0 Å². The first-order valence-electron chi connectivity index (χ1n) is 21.2. The average Bonchev–Trinajstić information content (AvgIpc) is 3.73. The molecule has 0 saturated heterocycles. The zero-order chi connectivity index (χ0) is 41.0. The number of hydrogen-bond acceptors (Lipinski definition) is 2. The molecule has 2 heteroatoms. The minimum absolute atomic E-state index is 0.891. The molecule has 62 heavy (non-hydrogen) atoms. The summed E-state index contributed by atoms with van der Waals surface area (Å²) in [5, 5.41) is 9.79. The summed E-state index contributed by atoms with van der Waals surface area (Å²) in [5.74, 6) is 0. The number of hydrogen-bond donors (Lipinski definition) is 0. The van der Waals surface area contributed by atoms with E-state index in [1.807, 2.05) is 6.07 Å². The highest BCUT2D eigenvalue weighted by molar-refractivity contribution is 6.14. The fourth-order valence-electron chi connectivity index (χ4n) is 9.42. The van der Waals surface area contributed by atoms with Gasteiger partial charge in [-0.3, -0.25) is 0 Å². The van der Waals surface area contributed by atoms with Crippen molar-refractivity contribution in [3.8, 4) is 44.5 Å². The first-order valence-corrected chi connectivity index (χ1v) is 21.2. The summed E-state index contributed by atoms with van der Waals surface area (Å²) in [6, 6.07) is 85.4. The first kappa shape index (κ1) is 35.7. The zero-order valence-electron chi connectivity index (χ0n) is 33.9. The molecule has 0 bridgehead atoms. The van der Waals surface area contributed by atoms with Crippen LogP contribution in [0.5, 0.6) is 0 Å². The van der Waals surface area contributed by atoms with Crippen LogP contribution < -0.4 is 4.90 Å². The summed E-state index contributed by atoms with van der Waals surface area (Å²) in [7, 11) is 0. The van der Waals surface area contributed by atoms with Gasteiger partial charge in [0.25, 0.3) is 0 Å². The van der Waals surface area contributed by atoms with Crippen LogP contribution in [0.4, 0.5) is 17.1 Å². The molecule has 0 saturated carbocycles. The van der Waals surface area contributed by atoms with Gasteiger partial charge in [0.05, 0.1) is 0 Å². The molecule has 0 aliphatic rings. The minimum atomic E-state index is 0.891. The molecule has 0 aliphatic carbocycles. The van der Waals surface area contributed by atoms with Gasteiger partial charge in [-0.1, -0.05) is 182 Å². The van der Waals surface area contributed by atoms with Crippen molar-refractivity contribution < 1.29 is 4.42 Å². The second kappa shape index (κ2) is 14.8. The van der Waals surface area contributed by atoms with E-state index in [1.54, 1.807) is 0 Å². The average molecular weight is 790 g/mol. The Kier molecular flexibility index (Phi) is 8.53. The van der Waals surface area contributed by atoms with Gasteiger partial charge in [-0.2, -0.15) is 0 Å².